The molecule has 0 aliphatic carbocycles. The summed E-state index contributed by atoms with van der Waals surface area (Å²) in [6, 6.07) is 6.93. The van der Waals surface area contributed by atoms with Crippen LogP contribution >= 0.6 is 12.4 Å². The standard InChI is InChI=1S/C14H19N3O2.ClH/c18-17(19)14-3-1-11(2-4-14)5-6-16-9-12-7-15-8-13(12)10-16;/h1-4,12-13,15H,5-10H2;1H/t12-,13+;. The van der Waals surface area contributed by atoms with E-state index in [1.54, 1.807) is 12.1 Å². The lowest BCUT2D eigenvalue weighted by Crippen LogP contribution is -2.27. The fourth-order valence-corrected chi connectivity index (χ4v) is 3.21. The van der Waals surface area contributed by atoms with E-state index in [2.05, 4.69) is 10.2 Å². The van der Waals surface area contributed by atoms with Crippen LogP contribution in [0.2, 0.25) is 0 Å². The first kappa shape index (κ1) is 15.2. The second kappa shape index (κ2) is 6.52. The minimum atomic E-state index is -0.349. The molecule has 2 aliphatic rings. The topological polar surface area (TPSA) is 58.4 Å². The lowest BCUT2D eigenvalue weighted by molar-refractivity contribution is -0.384. The Bertz CT molecular complexity index is 454. The molecule has 1 aromatic rings. The summed E-state index contributed by atoms with van der Waals surface area (Å²) in [6.07, 6.45) is 0.977. The zero-order chi connectivity index (χ0) is 13.2. The van der Waals surface area contributed by atoms with Gasteiger partial charge in [-0.25, -0.2) is 0 Å². The van der Waals surface area contributed by atoms with Gasteiger partial charge in [-0.3, -0.25) is 10.1 Å². The van der Waals surface area contributed by atoms with Crippen LogP contribution < -0.4 is 5.32 Å². The smallest absolute Gasteiger partial charge is 0.269 e. The van der Waals surface area contributed by atoms with Gasteiger partial charge in [0.2, 0.25) is 0 Å². The zero-order valence-electron chi connectivity index (χ0n) is 11.3. The van der Waals surface area contributed by atoms with Crippen LogP contribution in [0.3, 0.4) is 0 Å². The van der Waals surface area contributed by atoms with Crippen molar-refractivity contribution in [1.29, 1.82) is 0 Å². The molecule has 110 valence electrons. The van der Waals surface area contributed by atoms with Crippen LogP contribution in [0.4, 0.5) is 5.69 Å². The van der Waals surface area contributed by atoms with Crippen LogP contribution in [0.15, 0.2) is 24.3 Å². The molecule has 2 aliphatic heterocycles. The third kappa shape index (κ3) is 3.29. The van der Waals surface area contributed by atoms with Crippen molar-refractivity contribution in [2.75, 3.05) is 32.7 Å². The highest BCUT2D eigenvalue weighted by molar-refractivity contribution is 5.85. The number of likely N-dealkylation sites (tertiary alicyclic amines) is 1. The normalized spacial score (nSPS) is 25.2. The van der Waals surface area contributed by atoms with E-state index in [0.717, 1.165) is 24.8 Å². The Labute approximate surface area is 124 Å². The average Bonchev–Trinajstić information content (AvgIpc) is 2.97. The van der Waals surface area contributed by atoms with E-state index in [-0.39, 0.29) is 23.0 Å². The van der Waals surface area contributed by atoms with Crippen LogP contribution in [0.1, 0.15) is 5.56 Å². The van der Waals surface area contributed by atoms with Crippen molar-refractivity contribution in [3.63, 3.8) is 0 Å². The quantitative estimate of drug-likeness (QED) is 0.679. The Kier molecular flexibility index (Phi) is 4.96. The van der Waals surface area contributed by atoms with Gasteiger partial charge in [-0.05, 0) is 36.9 Å². The molecule has 2 heterocycles. The summed E-state index contributed by atoms with van der Waals surface area (Å²) in [5, 5.41) is 14.0. The van der Waals surface area contributed by atoms with E-state index in [0.29, 0.717) is 0 Å². The molecule has 0 spiro atoms. The molecule has 0 unspecified atom stereocenters. The first-order valence-corrected chi connectivity index (χ1v) is 6.89. The molecule has 1 aromatic carbocycles. The second-order valence-electron chi connectivity index (χ2n) is 5.61. The SMILES string of the molecule is Cl.O=[N+]([O-])c1ccc(CCN2C[C@H]3CNC[C@H]3C2)cc1. The average molecular weight is 298 g/mol. The van der Waals surface area contributed by atoms with Crippen molar-refractivity contribution < 1.29 is 4.92 Å². The number of fused-ring (bicyclic) bond motifs is 1. The van der Waals surface area contributed by atoms with Gasteiger partial charge in [-0.15, -0.1) is 12.4 Å². The minimum absolute atomic E-state index is 0. The molecule has 3 rings (SSSR count). The fourth-order valence-electron chi connectivity index (χ4n) is 3.21. The number of hydrogen-bond acceptors (Lipinski definition) is 4. The number of halogens is 1. The van der Waals surface area contributed by atoms with Gasteiger partial charge in [0.25, 0.3) is 5.69 Å². The first-order valence-electron chi connectivity index (χ1n) is 6.89. The van der Waals surface area contributed by atoms with Crippen molar-refractivity contribution in [2.45, 2.75) is 6.42 Å². The summed E-state index contributed by atoms with van der Waals surface area (Å²) in [6.45, 7) is 5.79. The van der Waals surface area contributed by atoms with Crippen LogP contribution in [-0.4, -0.2) is 42.5 Å². The highest BCUT2D eigenvalue weighted by atomic mass is 35.5. The molecule has 0 amide bonds. The largest absolute Gasteiger partial charge is 0.316 e. The number of hydrogen-bond donors (Lipinski definition) is 1. The number of non-ortho nitro benzene ring substituents is 1. The molecule has 1 N–H and O–H groups in total. The van der Waals surface area contributed by atoms with Crippen LogP contribution in [0.25, 0.3) is 0 Å². The summed E-state index contributed by atoms with van der Waals surface area (Å²) in [7, 11) is 0. The van der Waals surface area contributed by atoms with Crippen molar-refractivity contribution in [1.82, 2.24) is 10.2 Å². The van der Waals surface area contributed by atoms with E-state index in [9.17, 15) is 10.1 Å². The fraction of sp³-hybridized carbons (Fsp3) is 0.571. The summed E-state index contributed by atoms with van der Waals surface area (Å²) in [5.74, 6) is 1.66. The lowest BCUT2D eigenvalue weighted by atomic mass is 10.0. The number of nitrogens with one attached hydrogen (secondary N) is 1. The Balaban J connectivity index is 0.00000147. The number of nitro benzene ring substituents is 1. The molecule has 0 saturated carbocycles. The number of benzene rings is 1. The van der Waals surface area contributed by atoms with E-state index >= 15 is 0 Å². The van der Waals surface area contributed by atoms with Gasteiger partial charge in [0.1, 0.15) is 0 Å². The van der Waals surface area contributed by atoms with Gasteiger partial charge in [-0.1, -0.05) is 12.1 Å². The third-order valence-electron chi connectivity index (χ3n) is 4.33. The maximum absolute atomic E-state index is 10.6. The van der Waals surface area contributed by atoms with Gasteiger partial charge < -0.3 is 10.2 Å². The molecule has 6 heteroatoms. The molecule has 0 bridgehead atoms. The predicted molar refractivity (Wildman–Crippen MR) is 80.3 cm³/mol. The summed E-state index contributed by atoms with van der Waals surface area (Å²) < 4.78 is 0. The van der Waals surface area contributed by atoms with Crippen LogP contribution in [0, 0.1) is 22.0 Å². The molecule has 5 nitrogen and oxygen atoms in total. The van der Waals surface area contributed by atoms with Crippen LogP contribution in [-0.2, 0) is 6.42 Å². The monoisotopic (exact) mass is 297 g/mol. The molecule has 2 atom stereocenters. The maximum atomic E-state index is 10.6. The number of nitrogens with zero attached hydrogens (tertiary/aromatic N) is 2. The van der Waals surface area contributed by atoms with Crippen LogP contribution in [0.5, 0.6) is 0 Å². The van der Waals surface area contributed by atoms with E-state index in [1.807, 2.05) is 12.1 Å². The van der Waals surface area contributed by atoms with E-state index in [1.165, 1.54) is 31.7 Å². The molecular formula is C14H20ClN3O2. The van der Waals surface area contributed by atoms with Gasteiger partial charge in [0.15, 0.2) is 0 Å². The second-order valence-corrected chi connectivity index (χ2v) is 5.61. The first-order chi connectivity index (χ1) is 9.22. The molecule has 0 aromatic heterocycles. The zero-order valence-corrected chi connectivity index (χ0v) is 12.1. The maximum Gasteiger partial charge on any atom is 0.269 e. The lowest BCUT2D eigenvalue weighted by Gasteiger charge is -2.16. The van der Waals surface area contributed by atoms with Crippen molar-refractivity contribution in [3.05, 3.63) is 39.9 Å². The third-order valence-corrected chi connectivity index (χ3v) is 4.33. The predicted octanol–water partition coefficient (Wildman–Crippen LogP) is 1.71. The summed E-state index contributed by atoms with van der Waals surface area (Å²) in [4.78, 5) is 12.8. The summed E-state index contributed by atoms with van der Waals surface area (Å²) in [5.41, 5.74) is 1.35. The Morgan fingerprint density at radius 1 is 1.20 bits per heavy atom. The Morgan fingerprint density at radius 3 is 2.35 bits per heavy atom. The van der Waals surface area contributed by atoms with Crippen molar-refractivity contribution in [3.8, 4) is 0 Å². The molecular weight excluding hydrogens is 278 g/mol. The Morgan fingerprint density at radius 2 is 1.80 bits per heavy atom. The van der Waals surface area contributed by atoms with Crippen molar-refractivity contribution >= 4 is 18.1 Å². The highest BCUT2D eigenvalue weighted by Gasteiger charge is 2.35. The number of nitro groups is 1. The van der Waals surface area contributed by atoms with E-state index < -0.39 is 0 Å². The number of rotatable bonds is 4. The minimum Gasteiger partial charge on any atom is -0.316 e. The molecule has 0 radical (unpaired) electrons. The van der Waals surface area contributed by atoms with Crippen molar-refractivity contribution in [2.24, 2.45) is 11.8 Å². The summed E-state index contributed by atoms with van der Waals surface area (Å²) >= 11 is 0. The molecule has 2 saturated heterocycles. The van der Waals surface area contributed by atoms with E-state index in [4.69, 9.17) is 0 Å². The van der Waals surface area contributed by atoms with Gasteiger partial charge in [0, 0.05) is 31.8 Å². The Hall–Kier alpha value is -1.17. The molecule has 2 fully saturated rings. The van der Waals surface area contributed by atoms with Gasteiger partial charge >= 0.3 is 0 Å². The van der Waals surface area contributed by atoms with Gasteiger partial charge in [-0.2, -0.15) is 0 Å². The molecule has 20 heavy (non-hydrogen) atoms. The van der Waals surface area contributed by atoms with Gasteiger partial charge in [0.05, 0.1) is 4.92 Å². The highest BCUT2D eigenvalue weighted by Crippen LogP contribution is 2.26.